The van der Waals surface area contributed by atoms with Gasteiger partial charge in [-0.1, -0.05) is 0 Å². The second-order valence-electron chi connectivity index (χ2n) is 7.63. The average molecular weight is 358 g/mol. The molecule has 0 radical (unpaired) electrons. The van der Waals surface area contributed by atoms with Crippen LogP contribution >= 0.6 is 0 Å². The molecule has 1 saturated heterocycles. The van der Waals surface area contributed by atoms with Gasteiger partial charge in [-0.05, 0) is 67.5 Å². The Morgan fingerprint density at radius 1 is 1.00 bits per heavy atom. The largest absolute Gasteiger partial charge is 0.339 e. The normalized spacial score (nSPS) is 18.0. The van der Waals surface area contributed by atoms with E-state index in [2.05, 4.69) is 28.2 Å². The minimum Gasteiger partial charge on any atom is -0.339 e. The van der Waals surface area contributed by atoms with Gasteiger partial charge in [-0.15, -0.1) is 0 Å². The average Bonchev–Trinajstić information content (AvgIpc) is 3.59. The third-order valence-electron chi connectivity index (χ3n) is 5.74. The van der Waals surface area contributed by atoms with Crippen molar-refractivity contribution in [1.82, 2.24) is 19.9 Å². The molecule has 5 nitrogen and oxygen atoms in total. The van der Waals surface area contributed by atoms with Gasteiger partial charge in [0.25, 0.3) is 5.91 Å². The summed E-state index contributed by atoms with van der Waals surface area (Å²) < 4.78 is 0. The van der Waals surface area contributed by atoms with Gasteiger partial charge in [0.2, 0.25) is 0 Å². The lowest BCUT2D eigenvalue weighted by atomic mass is 9.92. The molecule has 2 fully saturated rings. The van der Waals surface area contributed by atoms with Crippen molar-refractivity contribution in [2.24, 2.45) is 0 Å². The highest BCUT2D eigenvalue weighted by molar-refractivity contribution is 5.93. The van der Waals surface area contributed by atoms with Crippen molar-refractivity contribution >= 4 is 16.9 Å². The van der Waals surface area contributed by atoms with Crippen LogP contribution in [0.2, 0.25) is 0 Å². The van der Waals surface area contributed by atoms with E-state index in [4.69, 9.17) is 4.98 Å². The fraction of sp³-hybridized carbons (Fsp3) is 0.364. The topological polar surface area (TPSA) is 59.0 Å². The molecule has 1 saturated carbocycles. The Kier molecular flexibility index (Phi) is 4.07. The molecule has 3 aromatic rings. The van der Waals surface area contributed by atoms with Crippen LogP contribution < -0.4 is 0 Å². The molecule has 5 rings (SSSR count). The monoisotopic (exact) mass is 358 g/mol. The van der Waals surface area contributed by atoms with Gasteiger partial charge >= 0.3 is 0 Å². The lowest BCUT2D eigenvalue weighted by Gasteiger charge is -2.31. The van der Waals surface area contributed by atoms with Gasteiger partial charge in [0, 0.05) is 48.7 Å². The van der Waals surface area contributed by atoms with Crippen molar-refractivity contribution in [1.29, 1.82) is 0 Å². The van der Waals surface area contributed by atoms with E-state index >= 15 is 0 Å². The smallest absolute Gasteiger partial charge is 0.255 e. The molecule has 1 amide bonds. The molecule has 0 spiro atoms. The number of amides is 1. The van der Waals surface area contributed by atoms with E-state index in [0.717, 1.165) is 42.7 Å². The first-order valence-electron chi connectivity index (χ1n) is 9.74. The van der Waals surface area contributed by atoms with Gasteiger partial charge in [-0.3, -0.25) is 9.78 Å². The van der Waals surface area contributed by atoms with Gasteiger partial charge in [0.05, 0.1) is 5.56 Å². The number of piperidine rings is 1. The van der Waals surface area contributed by atoms with Crippen molar-refractivity contribution in [2.75, 3.05) is 13.1 Å². The van der Waals surface area contributed by atoms with E-state index in [9.17, 15) is 4.79 Å². The fourth-order valence-corrected chi connectivity index (χ4v) is 3.96. The maximum Gasteiger partial charge on any atom is 0.255 e. The van der Waals surface area contributed by atoms with Gasteiger partial charge in [0.1, 0.15) is 0 Å². The van der Waals surface area contributed by atoms with Crippen LogP contribution in [0.3, 0.4) is 0 Å². The molecule has 136 valence electrons. The Morgan fingerprint density at radius 2 is 1.85 bits per heavy atom. The molecule has 5 heteroatoms. The molecule has 3 aromatic heterocycles. The van der Waals surface area contributed by atoms with Crippen molar-refractivity contribution in [3.8, 4) is 0 Å². The summed E-state index contributed by atoms with van der Waals surface area (Å²) in [7, 11) is 0. The van der Waals surface area contributed by atoms with Crippen LogP contribution in [0, 0.1) is 0 Å². The number of carbonyl (C=O) groups excluding carboxylic acids is 1. The molecular weight excluding hydrogens is 336 g/mol. The Hall–Kier alpha value is -2.82. The van der Waals surface area contributed by atoms with Crippen LogP contribution in [0.5, 0.6) is 0 Å². The number of fused-ring (bicyclic) bond motifs is 1. The highest BCUT2D eigenvalue weighted by Gasteiger charge is 2.26. The molecule has 4 heterocycles. The van der Waals surface area contributed by atoms with Gasteiger partial charge in [0.15, 0.2) is 5.65 Å². The highest BCUT2D eigenvalue weighted by Crippen LogP contribution is 2.40. The Bertz CT molecular complexity index is 976. The minimum atomic E-state index is 0.0716. The van der Waals surface area contributed by atoms with E-state index in [-0.39, 0.29) is 5.91 Å². The summed E-state index contributed by atoms with van der Waals surface area (Å²) in [4.78, 5) is 28.0. The zero-order chi connectivity index (χ0) is 18.2. The van der Waals surface area contributed by atoms with Crippen molar-refractivity contribution in [3.63, 3.8) is 0 Å². The number of carbonyl (C=O) groups is 1. The summed E-state index contributed by atoms with van der Waals surface area (Å²) in [5.74, 6) is 1.17. The summed E-state index contributed by atoms with van der Waals surface area (Å²) in [5, 5.41) is 1.13. The molecule has 2 aliphatic rings. The summed E-state index contributed by atoms with van der Waals surface area (Å²) >= 11 is 0. The molecule has 0 atom stereocenters. The number of rotatable bonds is 3. The van der Waals surface area contributed by atoms with Crippen molar-refractivity contribution in [3.05, 3.63) is 65.7 Å². The summed E-state index contributed by atoms with van der Waals surface area (Å²) in [6.45, 7) is 1.51. The van der Waals surface area contributed by atoms with Crippen molar-refractivity contribution < 1.29 is 4.79 Å². The molecule has 27 heavy (non-hydrogen) atoms. The summed E-state index contributed by atoms with van der Waals surface area (Å²) in [6.07, 6.45) is 9.77. The van der Waals surface area contributed by atoms with E-state index in [1.54, 1.807) is 18.5 Å². The molecule has 0 aromatic carbocycles. The standard InChI is InChI=1S/C22H22N4O/c27-22(18-2-1-9-23-13-18)26-10-7-16(8-11-26)20-6-5-17-12-19(15-3-4-15)14-24-21(17)25-20/h1-2,5-6,9,12-16H,3-4,7-8,10-11H2. The summed E-state index contributed by atoms with van der Waals surface area (Å²) in [5.41, 5.74) is 3.95. The number of likely N-dealkylation sites (tertiary alicyclic amines) is 1. The molecule has 0 bridgehead atoms. The van der Waals surface area contributed by atoms with Crippen LogP contribution in [0.25, 0.3) is 11.0 Å². The number of hydrogen-bond acceptors (Lipinski definition) is 4. The first-order chi connectivity index (χ1) is 13.3. The predicted octanol–water partition coefficient (Wildman–Crippen LogP) is 3.92. The lowest BCUT2D eigenvalue weighted by Crippen LogP contribution is -2.38. The Labute approximate surface area is 158 Å². The van der Waals surface area contributed by atoms with Crippen LogP contribution in [-0.2, 0) is 0 Å². The predicted molar refractivity (Wildman–Crippen MR) is 104 cm³/mol. The number of pyridine rings is 3. The zero-order valence-electron chi connectivity index (χ0n) is 15.2. The van der Waals surface area contributed by atoms with Crippen LogP contribution in [-0.4, -0.2) is 38.8 Å². The maximum atomic E-state index is 12.6. The van der Waals surface area contributed by atoms with E-state index in [1.165, 1.54) is 18.4 Å². The third kappa shape index (κ3) is 3.29. The van der Waals surface area contributed by atoms with Crippen LogP contribution in [0.1, 0.15) is 59.1 Å². The minimum absolute atomic E-state index is 0.0716. The fourth-order valence-electron chi connectivity index (χ4n) is 3.96. The molecule has 1 aliphatic heterocycles. The molecule has 0 unspecified atom stereocenters. The van der Waals surface area contributed by atoms with E-state index < -0.39 is 0 Å². The first-order valence-corrected chi connectivity index (χ1v) is 9.74. The maximum absolute atomic E-state index is 12.6. The molecular formula is C22H22N4O. The Balaban J connectivity index is 1.29. The summed E-state index contributed by atoms with van der Waals surface area (Å²) in [6, 6.07) is 10.2. The number of nitrogens with zero attached hydrogens (tertiary/aromatic N) is 4. The number of hydrogen-bond donors (Lipinski definition) is 0. The highest BCUT2D eigenvalue weighted by atomic mass is 16.2. The van der Waals surface area contributed by atoms with Crippen LogP contribution in [0.4, 0.5) is 0 Å². The first kappa shape index (κ1) is 16.4. The zero-order valence-corrected chi connectivity index (χ0v) is 15.2. The Morgan fingerprint density at radius 3 is 2.59 bits per heavy atom. The van der Waals surface area contributed by atoms with Crippen molar-refractivity contribution in [2.45, 2.75) is 37.5 Å². The quantitative estimate of drug-likeness (QED) is 0.712. The second kappa shape index (κ2) is 6.72. The SMILES string of the molecule is O=C(c1cccnc1)N1CCC(c2ccc3cc(C4CC4)cnc3n2)CC1. The van der Waals surface area contributed by atoms with Gasteiger partial charge in [-0.25, -0.2) is 9.97 Å². The lowest BCUT2D eigenvalue weighted by molar-refractivity contribution is 0.0711. The van der Waals surface area contributed by atoms with Crippen LogP contribution in [0.15, 0.2) is 48.9 Å². The molecule has 0 N–H and O–H groups in total. The molecule has 1 aliphatic carbocycles. The van der Waals surface area contributed by atoms with E-state index in [0.29, 0.717) is 17.4 Å². The number of aromatic nitrogens is 3. The van der Waals surface area contributed by atoms with Gasteiger partial charge < -0.3 is 4.90 Å². The van der Waals surface area contributed by atoms with Gasteiger partial charge in [-0.2, -0.15) is 0 Å². The second-order valence-corrected chi connectivity index (χ2v) is 7.63. The van der Waals surface area contributed by atoms with E-state index in [1.807, 2.05) is 17.2 Å². The third-order valence-corrected chi connectivity index (χ3v) is 5.74.